The summed E-state index contributed by atoms with van der Waals surface area (Å²) in [4.78, 5) is 32.2. The Hall–Kier alpha value is -3.78. The molecule has 0 fully saturated rings. The number of anilines is 2. The third-order valence-corrected chi connectivity index (χ3v) is 6.54. The van der Waals surface area contributed by atoms with E-state index in [4.69, 9.17) is 9.57 Å². The van der Waals surface area contributed by atoms with E-state index in [1.165, 1.54) is 19.1 Å². The second-order valence-corrected chi connectivity index (χ2v) is 10.5. The van der Waals surface area contributed by atoms with E-state index in [1.54, 1.807) is 18.2 Å². The highest BCUT2D eigenvalue weighted by molar-refractivity contribution is 7.99. The molecule has 0 aromatic heterocycles. The van der Waals surface area contributed by atoms with Gasteiger partial charge in [-0.25, -0.2) is 0 Å². The Morgan fingerprint density at radius 3 is 2.21 bits per heavy atom. The van der Waals surface area contributed by atoms with Crippen molar-refractivity contribution in [1.82, 2.24) is 0 Å². The zero-order valence-electron chi connectivity index (χ0n) is 23.0. The lowest BCUT2D eigenvalue weighted by Gasteiger charge is -2.23. The number of carbonyl (C=O) groups is 2. The van der Waals surface area contributed by atoms with E-state index in [9.17, 15) is 9.59 Å². The molecule has 0 aliphatic heterocycles. The summed E-state index contributed by atoms with van der Waals surface area (Å²) in [6.07, 6.45) is 2.66. The van der Waals surface area contributed by atoms with E-state index in [0.29, 0.717) is 33.8 Å². The van der Waals surface area contributed by atoms with Crippen molar-refractivity contribution in [1.29, 1.82) is 0 Å². The maximum absolute atomic E-state index is 13.4. The van der Waals surface area contributed by atoms with Gasteiger partial charge in [-0.05, 0) is 59.4 Å². The number of methoxy groups -OCH3 is 1. The second-order valence-electron chi connectivity index (χ2n) is 9.84. The van der Waals surface area contributed by atoms with Crippen LogP contribution in [0, 0.1) is 0 Å². The number of benzene rings is 3. The highest BCUT2D eigenvalue weighted by Gasteiger charge is 2.25. The zero-order chi connectivity index (χ0) is 28.0. The number of carbonyl (C=O) groups excluding carboxylic acids is 2. The molecule has 3 aromatic rings. The molecule has 3 rings (SSSR count). The Labute approximate surface area is 228 Å². The van der Waals surface area contributed by atoms with Gasteiger partial charge in [0.25, 0.3) is 11.7 Å². The Kier molecular flexibility index (Phi) is 9.22. The van der Waals surface area contributed by atoms with Crippen molar-refractivity contribution in [3.63, 3.8) is 0 Å². The molecular formula is C30H35N3O4S. The van der Waals surface area contributed by atoms with Crippen molar-refractivity contribution >= 4 is 57.3 Å². The molecule has 0 aliphatic rings. The summed E-state index contributed by atoms with van der Waals surface area (Å²) >= 11 is 1.41. The van der Waals surface area contributed by atoms with Gasteiger partial charge in [0.1, 0.15) is 0 Å². The summed E-state index contributed by atoms with van der Waals surface area (Å²) in [6.45, 7) is 14.1. The Morgan fingerprint density at radius 2 is 1.63 bits per heavy atom. The third kappa shape index (κ3) is 6.37. The van der Waals surface area contributed by atoms with E-state index >= 15 is 0 Å². The summed E-state index contributed by atoms with van der Waals surface area (Å²) in [5.74, 6) is -0.623. The lowest BCUT2D eigenvalue weighted by Crippen LogP contribution is -2.24. The maximum atomic E-state index is 13.4. The number of hydrogen-bond donors (Lipinski definition) is 2. The number of nitrogens with one attached hydrogen (secondary N) is 2. The first-order valence-corrected chi connectivity index (χ1v) is 13.5. The van der Waals surface area contributed by atoms with Crippen LogP contribution in [-0.4, -0.2) is 30.8 Å². The van der Waals surface area contributed by atoms with Crippen molar-refractivity contribution in [2.75, 3.05) is 23.4 Å². The number of rotatable bonds is 10. The lowest BCUT2D eigenvalue weighted by molar-refractivity contribution is -0.112. The van der Waals surface area contributed by atoms with Crippen molar-refractivity contribution in [3.8, 4) is 5.75 Å². The quantitative estimate of drug-likeness (QED) is 0.0703. The fourth-order valence-corrected chi connectivity index (χ4v) is 4.22. The van der Waals surface area contributed by atoms with E-state index in [2.05, 4.69) is 42.5 Å². The fourth-order valence-electron chi connectivity index (χ4n) is 3.85. The van der Waals surface area contributed by atoms with E-state index in [1.807, 2.05) is 50.4 Å². The molecule has 0 saturated heterocycles. The third-order valence-electron chi connectivity index (χ3n) is 6.12. The summed E-state index contributed by atoms with van der Waals surface area (Å²) in [5, 5.41) is 8.23. The van der Waals surface area contributed by atoms with Gasteiger partial charge in [-0.3, -0.25) is 9.59 Å². The largest absolute Gasteiger partial charge is 0.492 e. The van der Waals surface area contributed by atoms with Crippen LogP contribution >= 0.6 is 11.9 Å². The van der Waals surface area contributed by atoms with Crippen LogP contribution in [0.5, 0.6) is 5.75 Å². The highest BCUT2D eigenvalue weighted by Crippen LogP contribution is 2.39. The number of hydrogen-bond acceptors (Lipinski definition) is 7. The molecule has 3 aromatic carbocycles. The Morgan fingerprint density at radius 1 is 1.03 bits per heavy atom. The van der Waals surface area contributed by atoms with Crippen molar-refractivity contribution in [2.24, 2.45) is 5.16 Å². The van der Waals surface area contributed by atoms with Gasteiger partial charge in [0, 0.05) is 17.4 Å². The molecule has 0 bridgehead atoms. The first-order chi connectivity index (χ1) is 18.0. The summed E-state index contributed by atoms with van der Waals surface area (Å²) in [7, 11) is 1.53. The number of nitrogens with zero attached hydrogens (tertiary/aromatic N) is 1. The minimum Gasteiger partial charge on any atom is -0.492 e. The normalized spacial score (nSPS) is 11.7. The van der Waals surface area contributed by atoms with Gasteiger partial charge >= 0.3 is 0 Å². The second kappa shape index (κ2) is 12.2. The number of amides is 1. The van der Waals surface area contributed by atoms with Crippen molar-refractivity contribution in [3.05, 3.63) is 71.8 Å². The molecule has 1 amide bonds. The maximum Gasteiger partial charge on any atom is 0.296 e. The topological polar surface area (TPSA) is 89.0 Å². The fraction of sp³-hybridized carbons (Fsp3) is 0.300. The molecule has 38 heavy (non-hydrogen) atoms. The molecule has 200 valence electrons. The number of fused-ring (bicyclic) bond motifs is 1. The van der Waals surface area contributed by atoms with Crippen LogP contribution in [0.25, 0.3) is 16.5 Å². The monoisotopic (exact) mass is 533 g/mol. The molecule has 0 aliphatic carbocycles. The van der Waals surface area contributed by atoms with Crippen molar-refractivity contribution in [2.45, 2.75) is 46.5 Å². The minimum atomic E-state index is -0.763. The molecule has 0 unspecified atom stereocenters. The van der Waals surface area contributed by atoms with Crippen LogP contribution in [0.1, 0.15) is 62.5 Å². The molecule has 0 saturated carbocycles. The molecule has 0 spiro atoms. The van der Waals surface area contributed by atoms with Crippen LogP contribution in [0.15, 0.2) is 60.3 Å². The van der Waals surface area contributed by atoms with Gasteiger partial charge in [0.2, 0.25) is 0 Å². The van der Waals surface area contributed by atoms with E-state index < -0.39 is 11.7 Å². The average molecular weight is 534 g/mol. The smallest absolute Gasteiger partial charge is 0.296 e. The first kappa shape index (κ1) is 28.8. The van der Waals surface area contributed by atoms with Gasteiger partial charge in [-0.1, -0.05) is 75.6 Å². The summed E-state index contributed by atoms with van der Waals surface area (Å²) in [6, 6.07) is 14.5. The number of oxime groups is 1. The highest BCUT2D eigenvalue weighted by atomic mass is 32.2. The van der Waals surface area contributed by atoms with Crippen LogP contribution < -0.4 is 14.8 Å². The lowest BCUT2D eigenvalue weighted by atomic mass is 9.86. The molecule has 0 heterocycles. The standard InChI is InChI=1S/C30H35N3O4S/c1-9-18(2)32-37-19(3)21-14-15-24(23-13-11-10-12-22(21)23)27(34)29(35)31-25-16-20(30(4,5)6)17-26(33-38-8)28(25)36-7/h10-17,33H,3,9H2,1-2,4-8H3,(H,31,35)/b32-18+. The van der Waals surface area contributed by atoms with Crippen LogP contribution in [-0.2, 0) is 15.0 Å². The number of ketones is 1. The van der Waals surface area contributed by atoms with Gasteiger partial charge in [0.15, 0.2) is 11.5 Å². The SMILES string of the molecule is C=C(O/N=C(\C)CC)c1ccc(C(=O)C(=O)Nc2cc(C(C)(C)C)cc(NSC)c2OC)c2ccccc12. The average Bonchev–Trinajstić information content (AvgIpc) is 2.89. The van der Waals surface area contributed by atoms with E-state index in [0.717, 1.165) is 23.1 Å². The van der Waals surface area contributed by atoms with Gasteiger partial charge in [0.05, 0.1) is 24.2 Å². The van der Waals surface area contributed by atoms with Crippen LogP contribution in [0.2, 0.25) is 0 Å². The van der Waals surface area contributed by atoms with Crippen LogP contribution in [0.3, 0.4) is 0 Å². The zero-order valence-corrected chi connectivity index (χ0v) is 23.8. The van der Waals surface area contributed by atoms with Gasteiger partial charge in [-0.2, -0.15) is 0 Å². The summed E-state index contributed by atoms with van der Waals surface area (Å²) in [5.41, 5.74) is 3.72. The molecule has 0 radical (unpaired) electrons. The van der Waals surface area contributed by atoms with Gasteiger partial charge < -0.3 is 19.6 Å². The predicted molar refractivity (Wildman–Crippen MR) is 159 cm³/mol. The number of ether oxygens (including phenoxy) is 1. The Bertz CT molecular complexity index is 1410. The molecule has 2 N–H and O–H groups in total. The number of Topliss-reactive ketones (excluding diaryl/α,β-unsaturated/α-hetero) is 1. The van der Waals surface area contributed by atoms with Crippen LogP contribution in [0.4, 0.5) is 11.4 Å². The predicted octanol–water partition coefficient (Wildman–Crippen LogP) is 7.43. The van der Waals surface area contributed by atoms with E-state index in [-0.39, 0.29) is 11.0 Å². The molecular weight excluding hydrogens is 498 g/mol. The molecule has 7 nitrogen and oxygen atoms in total. The Balaban J connectivity index is 2.00. The summed E-state index contributed by atoms with van der Waals surface area (Å²) < 4.78 is 8.81. The van der Waals surface area contributed by atoms with Crippen molar-refractivity contribution < 1.29 is 19.2 Å². The molecule has 8 heteroatoms. The minimum absolute atomic E-state index is 0.194. The molecule has 0 atom stereocenters. The van der Waals surface area contributed by atoms with Gasteiger partial charge in [-0.15, -0.1) is 0 Å². The first-order valence-electron chi connectivity index (χ1n) is 12.3.